The average molecular weight is 247 g/mol. The molecule has 1 aromatic carbocycles. The Balaban J connectivity index is 1.84. The molecule has 1 spiro atoms. The monoisotopic (exact) mass is 247 g/mol. The van der Waals surface area contributed by atoms with Crippen molar-refractivity contribution in [3.8, 4) is 5.75 Å². The summed E-state index contributed by atoms with van der Waals surface area (Å²) in [5, 5.41) is 8.91. The topological polar surface area (TPSA) is 66.8 Å². The Kier molecular flexibility index (Phi) is 2.29. The zero-order chi connectivity index (χ0) is 12.8. The molecule has 18 heavy (non-hydrogen) atoms. The van der Waals surface area contributed by atoms with Gasteiger partial charge >= 0.3 is 6.09 Å². The maximum absolute atomic E-state index is 12.4. The number of ketones is 1. The lowest BCUT2D eigenvalue weighted by atomic mass is 9.86. The highest BCUT2D eigenvalue weighted by molar-refractivity contribution is 6.07. The third-order valence-corrected chi connectivity index (χ3v) is 3.69. The van der Waals surface area contributed by atoms with E-state index < -0.39 is 11.7 Å². The predicted octanol–water partition coefficient (Wildman–Crippen LogP) is 1.77. The molecule has 0 bridgehead atoms. The van der Waals surface area contributed by atoms with Crippen LogP contribution in [-0.4, -0.2) is 40.6 Å². The zero-order valence-corrected chi connectivity index (χ0v) is 9.76. The summed E-state index contributed by atoms with van der Waals surface area (Å²) in [6.45, 7) is 0.685. The summed E-state index contributed by atoms with van der Waals surface area (Å²) in [4.78, 5) is 24.5. The Morgan fingerprint density at radius 2 is 1.94 bits per heavy atom. The summed E-state index contributed by atoms with van der Waals surface area (Å²) in [6, 6.07) is 7.19. The van der Waals surface area contributed by atoms with Crippen molar-refractivity contribution in [1.82, 2.24) is 4.90 Å². The smallest absolute Gasteiger partial charge is 0.407 e. The van der Waals surface area contributed by atoms with Crippen LogP contribution in [0.2, 0.25) is 0 Å². The van der Waals surface area contributed by atoms with E-state index in [1.165, 1.54) is 4.90 Å². The van der Waals surface area contributed by atoms with E-state index in [4.69, 9.17) is 9.84 Å². The molecule has 1 amide bonds. The second-order valence-corrected chi connectivity index (χ2v) is 4.69. The van der Waals surface area contributed by atoms with E-state index in [-0.39, 0.29) is 5.78 Å². The highest BCUT2D eigenvalue weighted by Gasteiger charge is 2.49. The minimum atomic E-state index is -0.937. The predicted molar refractivity (Wildman–Crippen MR) is 63.0 cm³/mol. The first-order valence-electron chi connectivity index (χ1n) is 5.93. The molecule has 1 N–H and O–H groups in total. The number of carboxylic acid groups (broad SMARTS) is 1. The van der Waals surface area contributed by atoms with Gasteiger partial charge in [0.15, 0.2) is 5.60 Å². The average Bonchev–Trinajstić information content (AvgIpc) is 2.64. The number of nitrogens with zero attached hydrogens (tertiary/aromatic N) is 1. The van der Waals surface area contributed by atoms with E-state index in [0.29, 0.717) is 37.2 Å². The van der Waals surface area contributed by atoms with Crippen molar-refractivity contribution >= 4 is 11.9 Å². The fourth-order valence-corrected chi connectivity index (χ4v) is 2.63. The van der Waals surface area contributed by atoms with E-state index >= 15 is 0 Å². The van der Waals surface area contributed by atoms with Crippen LogP contribution < -0.4 is 4.74 Å². The van der Waals surface area contributed by atoms with Crippen LogP contribution in [0.25, 0.3) is 0 Å². The van der Waals surface area contributed by atoms with Gasteiger partial charge in [0.25, 0.3) is 0 Å². The molecule has 0 aromatic heterocycles. The molecule has 94 valence electrons. The minimum Gasteiger partial charge on any atom is -0.478 e. The van der Waals surface area contributed by atoms with Gasteiger partial charge in [0.2, 0.25) is 5.78 Å². The van der Waals surface area contributed by atoms with Gasteiger partial charge in [-0.05, 0) is 12.1 Å². The molecule has 0 saturated carbocycles. The highest BCUT2D eigenvalue weighted by atomic mass is 16.5. The molecule has 0 aliphatic carbocycles. The summed E-state index contributed by atoms with van der Waals surface area (Å²) in [6.07, 6.45) is -0.0904. The Morgan fingerprint density at radius 3 is 2.56 bits per heavy atom. The maximum atomic E-state index is 12.4. The summed E-state index contributed by atoms with van der Waals surface area (Å²) in [7, 11) is 0. The zero-order valence-electron chi connectivity index (χ0n) is 9.76. The molecule has 2 heterocycles. The van der Waals surface area contributed by atoms with Crippen LogP contribution in [0.3, 0.4) is 0 Å². The van der Waals surface area contributed by atoms with Crippen molar-refractivity contribution in [1.29, 1.82) is 0 Å². The van der Waals surface area contributed by atoms with Crippen LogP contribution in [0.1, 0.15) is 23.2 Å². The van der Waals surface area contributed by atoms with Gasteiger partial charge in [0, 0.05) is 25.9 Å². The van der Waals surface area contributed by atoms with Crippen molar-refractivity contribution in [3.05, 3.63) is 29.8 Å². The highest BCUT2D eigenvalue weighted by Crippen LogP contribution is 2.40. The van der Waals surface area contributed by atoms with Crippen LogP contribution in [-0.2, 0) is 0 Å². The van der Waals surface area contributed by atoms with Crippen LogP contribution in [0.4, 0.5) is 4.79 Å². The van der Waals surface area contributed by atoms with Gasteiger partial charge in [-0.1, -0.05) is 12.1 Å². The number of amides is 1. The number of likely N-dealkylation sites (tertiary alicyclic amines) is 1. The second-order valence-electron chi connectivity index (χ2n) is 4.69. The molecule has 0 atom stereocenters. The lowest BCUT2D eigenvalue weighted by Crippen LogP contribution is -2.51. The van der Waals surface area contributed by atoms with Gasteiger partial charge in [0.1, 0.15) is 5.75 Å². The van der Waals surface area contributed by atoms with E-state index in [1.54, 1.807) is 12.1 Å². The van der Waals surface area contributed by atoms with Gasteiger partial charge in [-0.3, -0.25) is 4.79 Å². The molecular formula is C13H13NO4. The van der Waals surface area contributed by atoms with Crippen molar-refractivity contribution in [2.75, 3.05) is 13.1 Å². The maximum Gasteiger partial charge on any atom is 0.407 e. The fraction of sp³-hybridized carbons (Fsp3) is 0.385. The van der Waals surface area contributed by atoms with Crippen LogP contribution in [0, 0.1) is 0 Å². The van der Waals surface area contributed by atoms with Gasteiger partial charge in [-0.2, -0.15) is 0 Å². The van der Waals surface area contributed by atoms with Gasteiger partial charge in [0.05, 0.1) is 5.56 Å². The number of benzene rings is 1. The minimum absolute atomic E-state index is 0.0110. The van der Waals surface area contributed by atoms with Gasteiger partial charge in [-0.25, -0.2) is 4.79 Å². The molecule has 5 heteroatoms. The van der Waals surface area contributed by atoms with E-state index in [2.05, 4.69) is 0 Å². The number of ether oxygens (including phenoxy) is 1. The molecule has 5 nitrogen and oxygen atoms in total. The molecular weight excluding hydrogens is 234 g/mol. The van der Waals surface area contributed by atoms with Crippen LogP contribution in [0.15, 0.2) is 24.3 Å². The Bertz CT molecular complexity index is 517. The molecule has 3 rings (SSSR count). The van der Waals surface area contributed by atoms with Crippen molar-refractivity contribution < 1.29 is 19.4 Å². The molecule has 2 aliphatic heterocycles. The summed E-state index contributed by atoms with van der Waals surface area (Å²) in [5.41, 5.74) is -0.225. The van der Waals surface area contributed by atoms with Crippen LogP contribution >= 0.6 is 0 Å². The quantitative estimate of drug-likeness (QED) is 0.758. The molecule has 0 unspecified atom stereocenters. The number of Topliss-reactive ketones (excluding diaryl/α,β-unsaturated/α-hetero) is 1. The van der Waals surface area contributed by atoms with Gasteiger partial charge in [-0.15, -0.1) is 0 Å². The number of rotatable bonds is 0. The molecule has 2 aliphatic rings. The Hall–Kier alpha value is -2.04. The van der Waals surface area contributed by atoms with Crippen molar-refractivity contribution in [2.45, 2.75) is 18.4 Å². The number of hydrogen-bond donors (Lipinski definition) is 1. The Labute approximate surface area is 104 Å². The molecule has 0 radical (unpaired) electrons. The second kappa shape index (κ2) is 3.73. The first kappa shape index (κ1) is 11.1. The third-order valence-electron chi connectivity index (χ3n) is 3.69. The lowest BCUT2D eigenvalue weighted by molar-refractivity contribution is 0.0220. The number of fused-ring (bicyclic) bond motifs is 1. The fourth-order valence-electron chi connectivity index (χ4n) is 2.63. The molecule has 1 saturated heterocycles. The number of carbonyl (C=O) groups excluding carboxylic acids is 1. The lowest BCUT2D eigenvalue weighted by Gasteiger charge is -2.36. The standard InChI is InChI=1S/C13H13NO4/c15-11-9-3-1-2-4-10(9)18-13(11)5-7-14(8-6-13)12(16)17/h1-4H,5-8H2,(H,16,17). The number of carbonyl (C=O) groups is 2. The number of piperidine rings is 1. The SMILES string of the molecule is O=C(O)N1CCC2(CC1)Oc1ccccc1C2=O. The van der Waals surface area contributed by atoms with Gasteiger partial charge < -0.3 is 14.7 Å². The third kappa shape index (κ3) is 1.47. The van der Waals surface area contributed by atoms with E-state index in [9.17, 15) is 9.59 Å². The van der Waals surface area contributed by atoms with Crippen molar-refractivity contribution in [2.24, 2.45) is 0 Å². The summed E-state index contributed by atoms with van der Waals surface area (Å²) in [5.74, 6) is 0.606. The Morgan fingerprint density at radius 1 is 1.28 bits per heavy atom. The largest absolute Gasteiger partial charge is 0.478 e. The van der Waals surface area contributed by atoms with Crippen molar-refractivity contribution in [3.63, 3.8) is 0 Å². The van der Waals surface area contributed by atoms with Crippen LogP contribution in [0.5, 0.6) is 5.75 Å². The number of hydrogen-bond acceptors (Lipinski definition) is 3. The summed E-state index contributed by atoms with van der Waals surface area (Å²) < 4.78 is 5.81. The first-order valence-corrected chi connectivity index (χ1v) is 5.93. The van der Waals surface area contributed by atoms with E-state index in [0.717, 1.165) is 0 Å². The summed E-state index contributed by atoms with van der Waals surface area (Å²) >= 11 is 0. The van der Waals surface area contributed by atoms with E-state index in [1.807, 2.05) is 12.1 Å². The normalized spacial score (nSPS) is 20.7. The number of para-hydroxylation sites is 1. The first-order chi connectivity index (χ1) is 8.62. The molecule has 1 fully saturated rings. The molecule has 1 aromatic rings.